The number of aryl methyl sites for hydroxylation is 1. The van der Waals surface area contributed by atoms with E-state index in [1.165, 1.54) is 4.90 Å². The lowest BCUT2D eigenvalue weighted by molar-refractivity contribution is 0.282. The molecule has 2 nitrogen and oxygen atoms in total. The van der Waals surface area contributed by atoms with Crippen molar-refractivity contribution < 1.29 is 5.11 Å². The van der Waals surface area contributed by atoms with E-state index in [0.29, 0.717) is 0 Å². The lowest BCUT2D eigenvalue weighted by Crippen LogP contribution is -1.83. The van der Waals surface area contributed by atoms with Gasteiger partial charge in [0.1, 0.15) is 5.01 Å². The molecule has 0 aliphatic carbocycles. The summed E-state index contributed by atoms with van der Waals surface area (Å²) in [6.45, 7) is 2.12. The normalized spacial score (nSPS) is 10.6. The maximum absolute atomic E-state index is 8.92. The molecule has 1 heterocycles. The molecule has 1 N–H and O–H groups in total. The quantitative estimate of drug-likeness (QED) is 0.847. The Morgan fingerprint density at radius 1 is 1.31 bits per heavy atom. The molecule has 4 heteroatoms. The van der Waals surface area contributed by atoms with Crippen molar-refractivity contribution in [2.75, 3.05) is 0 Å². The van der Waals surface area contributed by atoms with E-state index >= 15 is 0 Å². The molecule has 84 valence electrons. The highest BCUT2D eigenvalue weighted by Crippen LogP contribution is 2.24. The van der Waals surface area contributed by atoms with Gasteiger partial charge in [-0.15, -0.1) is 23.1 Å². The van der Waals surface area contributed by atoms with Crippen LogP contribution in [0.2, 0.25) is 0 Å². The third kappa shape index (κ3) is 3.07. The number of rotatable bonds is 4. The fourth-order valence-electron chi connectivity index (χ4n) is 1.31. The predicted molar refractivity (Wildman–Crippen MR) is 68.8 cm³/mol. The first kappa shape index (κ1) is 11.6. The highest BCUT2D eigenvalue weighted by atomic mass is 32.2. The van der Waals surface area contributed by atoms with Gasteiger partial charge in [0.05, 0.1) is 12.4 Å². The molecule has 0 saturated heterocycles. The summed E-state index contributed by atoms with van der Waals surface area (Å²) < 4.78 is 0. The zero-order chi connectivity index (χ0) is 11.4. The van der Waals surface area contributed by atoms with Crippen LogP contribution in [0.15, 0.2) is 34.5 Å². The van der Waals surface area contributed by atoms with Crippen LogP contribution in [0.25, 0.3) is 0 Å². The van der Waals surface area contributed by atoms with Gasteiger partial charge in [-0.05, 0) is 24.6 Å². The van der Waals surface area contributed by atoms with Crippen LogP contribution in [0.1, 0.15) is 16.3 Å². The number of aliphatic hydroxyl groups excluding tert-OH is 1. The van der Waals surface area contributed by atoms with Gasteiger partial charge in [0.15, 0.2) is 0 Å². The van der Waals surface area contributed by atoms with Crippen molar-refractivity contribution in [1.82, 2.24) is 4.98 Å². The summed E-state index contributed by atoms with van der Waals surface area (Å²) >= 11 is 3.48. The van der Waals surface area contributed by atoms with Gasteiger partial charge >= 0.3 is 0 Å². The van der Waals surface area contributed by atoms with Crippen molar-refractivity contribution in [2.24, 2.45) is 0 Å². The molecule has 0 radical (unpaired) electrons. The molecule has 0 saturated carbocycles. The molecule has 2 aromatic rings. The standard InChI is InChI=1S/C12H13NOS2/c1-9-7-16-12(13-9)8-15-11-4-2-10(6-14)3-5-11/h2-5,7,14H,6,8H2,1H3. The minimum absolute atomic E-state index is 0.108. The Morgan fingerprint density at radius 2 is 2.06 bits per heavy atom. The van der Waals surface area contributed by atoms with E-state index in [9.17, 15) is 0 Å². The molecule has 0 atom stereocenters. The number of hydrogen-bond acceptors (Lipinski definition) is 4. The Labute approximate surface area is 103 Å². The van der Waals surface area contributed by atoms with E-state index < -0.39 is 0 Å². The van der Waals surface area contributed by atoms with Crippen molar-refractivity contribution in [3.8, 4) is 0 Å². The number of aromatic nitrogens is 1. The molecule has 0 fully saturated rings. The van der Waals surface area contributed by atoms with E-state index in [2.05, 4.69) is 10.4 Å². The van der Waals surface area contributed by atoms with Crippen molar-refractivity contribution >= 4 is 23.1 Å². The van der Waals surface area contributed by atoms with E-state index in [1.807, 2.05) is 31.2 Å². The largest absolute Gasteiger partial charge is 0.392 e. The Kier molecular flexibility index (Phi) is 3.98. The lowest BCUT2D eigenvalue weighted by Gasteiger charge is -2.00. The summed E-state index contributed by atoms with van der Waals surface area (Å²) in [7, 11) is 0. The summed E-state index contributed by atoms with van der Waals surface area (Å²) in [5, 5.41) is 12.2. The molecule has 0 bridgehead atoms. The van der Waals surface area contributed by atoms with Crippen LogP contribution in [0.5, 0.6) is 0 Å². The van der Waals surface area contributed by atoms with Crippen LogP contribution < -0.4 is 0 Å². The second kappa shape index (κ2) is 5.48. The van der Waals surface area contributed by atoms with Crippen molar-refractivity contribution in [3.05, 3.63) is 45.9 Å². The summed E-state index contributed by atoms with van der Waals surface area (Å²) in [5.41, 5.74) is 2.05. The zero-order valence-corrected chi connectivity index (χ0v) is 10.6. The van der Waals surface area contributed by atoms with Crippen LogP contribution in [0, 0.1) is 6.92 Å². The first-order valence-corrected chi connectivity index (χ1v) is 6.88. The van der Waals surface area contributed by atoms with E-state index in [1.54, 1.807) is 23.1 Å². The van der Waals surface area contributed by atoms with Crippen molar-refractivity contribution in [3.63, 3.8) is 0 Å². The summed E-state index contributed by atoms with van der Waals surface area (Å²) in [5.74, 6) is 0.914. The number of thioether (sulfide) groups is 1. The van der Waals surface area contributed by atoms with Crippen molar-refractivity contribution in [1.29, 1.82) is 0 Å². The van der Waals surface area contributed by atoms with Gasteiger partial charge < -0.3 is 5.11 Å². The molecule has 1 aromatic carbocycles. The number of benzene rings is 1. The van der Waals surface area contributed by atoms with Gasteiger partial charge in [0, 0.05) is 16.0 Å². The summed E-state index contributed by atoms with van der Waals surface area (Å²) in [6, 6.07) is 7.98. The maximum Gasteiger partial charge on any atom is 0.103 e. The highest BCUT2D eigenvalue weighted by molar-refractivity contribution is 7.98. The monoisotopic (exact) mass is 251 g/mol. The Hall–Kier alpha value is -0.840. The number of nitrogens with zero attached hydrogens (tertiary/aromatic N) is 1. The predicted octanol–water partition coefficient (Wildman–Crippen LogP) is 3.24. The Morgan fingerprint density at radius 3 is 2.62 bits per heavy atom. The first-order valence-electron chi connectivity index (χ1n) is 5.01. The third-order valence-electron chi connectivity index (χ3n) is 2.13. The molecular weight excluding hydrogens is 238 g/mol. The highest BCUT2D eigenvalue weighted by Gasteiger charge is 2.00. The molecular formula is C12H13NOS2. The van der Waals surface area contributed by atoms with Crippen LogP contribution in [-0.2, 0) is 12.4 Å². The second-order valence-corrected chi connectivity index (χ2v) is 5.46. The molecule has 0 spiro atoms. The van der Waals surface area contributed by atoms with Crippen molar-refractivity contribution in [2.45, 2.75) is 24.2 Å². The maximum atomic E-state index is 8.92. The average molecular weight is 251 g/mol. The zero-order valence-electron chi connectivity index (χ0n) is 9.01. The Balaban J connectivity index is 1.94. The molecule has 0 unspecified atom stereocenters. The fourth-order valence-corrected chi connectivity index (χ4v) is 2.99. The van der Waals surface area contributed by atoms with E-state index in [-0.39, 0.29) is 6.61 Å². The molecule has 1 aromatic heterocycles. The molecule has 0 amide bonds. The second-order valence-electron chi connectivity index (χ2n) is 3.47. The Bertz CT molecular complexity index is 450. The fraction of sp³-hybridized carbons (Fsp3) is 0.250. The average Bonchev–Trinajstić information content (AvgIpc) is 2.73. The van der Waals surface area contributed by atoms with Crippen LogP contribution >= 0.6 is 23.1 Å². The number of thiazole rings is 1. The van der Waals surface area contributed by atoms with Crippen LogP contribution in [0.3, 0.4) is 0 Å². The third-order valence-corrected chi connectivity index (χ3v) is 4.31. The number of aliphatic hydroxyl groups is 1. The first-order chi connectivity index (χ1) is 7.78. The van der Waals surface area contributed by atoms with Gasteiger partial charge in [-0.1, -0.05) is 12.1 Å². The topological polar surface area (TPSA) is 33.1 Å². The van der Waals surface area contributed by atoms with E-state index in [4.69, 9.17) is 5.11 Å². The molecule has 0 aliphatic heterocycles. The number of hydrogen-bond donors (Lipinski definition) is 1. The van der Waals surface area contributed by atoms with E-state index in [0.717, 1.165) is 22.0 Å². The lowest BCUT2D eigenvalue weighted by atomic mass is 10.2. The van der Waals surface area contributed by atoms with Crippen LogP contribution in [-0.4, -0.2) is 10.1 Å². The van der Waals surface area contributed by atoms with Gasteiger partial charge in [-0.25, -0.2) is 4.98 Å². The van der Waals surface area contributed by atoms with Gasteiger partial charge in [-0.3, -0.25) is 0 Å². The summed E-state index contributed by atoms with van der Waals surface area (Å²) in [4.78, 5) is 5.63. The smallest absolute Gasteiger partial charge is 0.103 e. The minimum atomic E-state index is 0.108. The molecule has 16 heavy (non-hydrogen) atoms. The van der Waals surface area contributed by atoms with Gasteiger partial charge in [0.2, 0.25) is 0 Å². The molecule has 0 aliphatic rings. The minimum Gasteiger partial charge on any atom is -0.392 e. The van der Waals surface area contributed by atoms with Crippen LogP contribution in [0.4, 0.5) is 0 Å². The van der Waals surface area contributed by atoms with Gasteiger partial charge in [-0.2, -0.15) is 0 Å². The van der Waals surface area contributed by atoms with Gasteiger partial charge in [0.25, 0.3) is 0 Å². The summed E-state index contributed by atoms with van der Waals surface area (Å²) in [6.07, 6.45) is 0. The molecule has 2 rings (SSSR count). The SMILES string of the molecule is Cc1csc(CSc2ccc(CO)cc2)n1.